The second-order valence-corrected chi connectivity index (χ2v) is 3.93. The minimum Gasteiger partial charge on any atom is -0.429 e. The van der Waals surface area contributed by atoms with E-state index in [0.29, 0.717) is 5.56 Å². The van der Waals surface area contributed by atoms with Crippen LogP contribution < -0.4 is 9.47 Å². The van der Waals surface area contributed by atoms with Crippen molar-refractivity contribution in [3.63, 3.8) is 0 Å². The number of halogens is 4. The Hall–Kier alpha value is -2.57. The maximum Gasteiger partial charge on any atom is 0.573 e. The molecule has 7 heteroatoms. The fourth-order valence-corrected chi connectivity index (χ4v) is 1.69. The average Bonchev–Trinajstić information content (AvgIpc) is 2.39. The highest BCUT2D eigenvalue weighted by Gasteiger charge is 2.30. The summed E-state index contributed by atoms with van der Waals surface area (Å²) in [6.45, 7) is 0.164. The van der Waals surface area contributed by atoms with Crippen LogP contribution in [0, 0.1) is 5.82 Å². The first-order chi connectivity index (χ1) is 9.89. The van der Waals surface area contributed by atoms with Crippen LogP contribution in [-0.2, 0) is 4.79 Å². The first-order valence-corrected chi connectivity index (χ1v) is 5.65. The molecular formula is C14H8F4O3. The van der Waals surface area contributed by atoms with Crippen LogP contribution in [0.15, 0.2) is 42.5 Å². The van der Waals surface area contributed by atoms with Crippen molar-refractivity contribution in [3.05, 3.63) is 48.3 Å². The Balaban J connectivity index is 2.24. The molecule has 0 aromatic heterocycles. The standard InChI is InChI=1S/C14H8F4O3/c15-13-7-11(20-8-19)5-6-12(13)9-1-3-10(4-2-9)21-14(16,17)18/h1-8H. The second-order valence-electron chi connectivity index (χ2n) is 3.93. The number of rotatable bonds is 4. The molecule has 0 saturated carbocycles. The van der Waals surface area contributed by atoms with E-state index >= 15 is 0 Å². The van der Waals surface area contributed by atoms with Crippen molar-refractivity contribution in [2.45, 2.75) is 6.36 Å². The highest BCUT2D eigenvalue weighted by atomic mass is 19.4. The summed E-state index contributed by atoms with van der Waals surface area (Å²) in [6.07, 6.45) is -4.78. The molecule has 110 valence electrons. The highest BCUT2D eigenvalue weighted by Crippen LogP contribution is 2.29. The van der Waals surface area contributed by atoms with Gasteiger partial charge in [-0.05, 0) is 29.8 Å². The van der Waals surface area contributed by atoms with Crippen molar-refractivity contribution < 1.29 is 31.8 Å². The Labute approximate surface area is 116 Å². The summed E-state index contributed by atoms with van der Waals surface area (Å²) in [5.74, 6) is -1.03. The SMILES string of the molecule is O=COc1ccc(-c2ccc(OC(F)(F)F)cc2)c(F)c1. The molecule has 0 bridgehead atoms. The Kier molecular flexibility index (Phi) is 4.11. The lowest BCUT2D eigenvalue weighted by atomic mass is 10.0. The fraction of sp³-hybridized carbons (Fsp3) is 0.0714. The van der Waals surface area contributed by atoms with Crippen LogP contribution in [0.25, 0.3) is 11.1 Å². The van der Waals surface area contributed by atoms with Gasteiger partial charge in [-0.15, -0.1) is 13.2 Å². The third-order valence-corrected chi connectivity index (χ3v) is 2.52. The van der Waals surface area contributed by atoms with E-state index in [0.717, 1.165) is 18.2 Å². The molecule has 0 aliphatic carbocycles. The molecule has 2 rings (SSSR count). The van der Waals surface area contributed by atoms with Gasteiger partial charge in [-0.1, -0.05) is 12.1 Å². The second kappa shape index (κ2) is 5.82. The quantitative estimate of drug-likeness (QED) is 0.634. The predicted molar refractivity (Wildman–Crippen MR) is 65.2 cm³/mol. The molecule has 0 unspecified atom stereocenters. The van der Waals surface area contributed by atoms with Gasteiger partial charge in [0.2, 0.25) is 0 Å². The predicted octanol–water partition coefficient (Wildman–Crippen LogP) is 3.93. The van der Waals surface area contributed by atoms with Gasteiger partial charge in [0.05, 0.1) is 0 Å². The van der Waals surface area contributed by atoms with Gasteiger partial charge in [0, 0.05) is 11.6 Å². The van der Waals surface area contributed by atoms with E-state index in [9.17, 15) is 22.4 Å². The van der Waals surface area contributed by atoms with Crippen molar-refractivity contribution in [1.82, 2.24) is 0 Å². The number of carbonyl (C=O) groups excluding carboxylic acids is 1. The molecule has 3 nitrogen and oxygen atoms in total. The number of hydrogen-bond donors (Lipinski definition) is 0. The number of hydrogen-bond acceptors (Lipinski definition) is 3. The summed E-state index contributed by atoms with van der Waals surface area (Å²) in [5, 5.41) is 0. The van der Waals surface area contributed by atoms with Gasteiger partial charge in [0.25, 0.3) is 6.47 Å². The summed E-state index contributed by atoms with van der Waals surface area (Å²) in [5.41, 5.74) is 0.520. The van der Waals surface area contributed by atoms with Gasteiger partial charge >= 0.3 is 6.36 Å². The molecule has 0 amide bonds. The normalized spacial score (nSPS) is 11.0. The number of ether oxygens (including phenoxy) is 2. The van der Waals surface area contributed by atoms with E-state index in [2.05, 4.69) is 9.47 Å². The zero-order valence-corrected chi connectivity index (χ0v) is 10.4. The summed E-state index contributed by atoms with van der Waals surface area (Å²) in [7, 11) is 0. The molecule has 2 aromatic rings. The van der Waals surface area contributed by atoms with Crippen molar-refractivity contribution in [3.8, 4) is 22.6 Å². The molecular weight excluding hydrogens is 292 g/mol. The van der Waals surface area contributed by atoms with Crippen molar-refractivity contribution >= 4 is 6.47 Å². The number of carbonyl (C=O) groups is 1. The van der Waals surface area contributed by atoms with E-state index in [1.807, 2.05) is 0 Å². The first-order valence-electron chi connectivity index (χ1n) is 5.65. The Morgan fingerprint density at radius 3 is 2.10 bits per heavy atom. The largest absolute Gasteiger partial charge is 0.573 e. The van der Waals surface area contributed by atoms with Gasteiger partial charge in [0.1, 0.15) is 17.3 Å². The van der Waals surface area contributed by atoms with Crippen LogP contribution >= 0.6 is 0 Å². The van der Waals surface area contributed by atoms with E-state index in [4.69, 9.17) is 0 Å². The van der Waals surface area contributed by atoms with Crippen molar-refractivity contribution in [2.24, 2.45) is 0 Å². The van der Waals surface area contributed by atoms with Crippen LogP contribution in [0.5, 0.6) is 11.5 Å². The summed E-state index contributed by atoms with van der Waals surface area (Å²) < 4.78 is 58.1. The van der Waals surface area contributed by atoms with Gasteiger partial charge in [-0.2, -0.15) is 0 Å². The molecule has 0 aliphatic heterocycles. The molecule has 2 aromatic carbocycles. The lowest BCUT2D eigenvalue weighted by Crippen LogP contribution is -2.16. The molecule has 0 heterocycles. The van der Waals surface area contributed by atoms with E-state index in [1.54, 1.807) is 0 Å². The van der Waals surface area contributed by atoms with E-state index in [-0.39, 0.29) is 17.8 Å². The fourth-order valence-electron chi connectivity index (χ4n) is 1.69. The number of benzene rings is 2. The topological polar surface area (TPSA) is 35.5 Å². The molecule has 0 N–H and O–H groups in total. The first kappa shape index (κ1) is 14.8. The minimum atomic E-state index is -4.78. The third-order valence-electron chi connectivity index (χ3n) is 2.52. The summed E-state index contributed by atoms with van der Waals surface area (Å²) >= 11 is 0. The van der Waals surface area contributed by atoms with E-state index in [1.165, 1.54) is 24.3 Å². The zero-order chi connectivity index (χ0) is 15.5. The Bertz CT molecular complexity index is 636. The molecule has 0 aliphatic rings. The lowest BCUT2D eigenvalue weighted by molar-refractivity contribution is -0.274. The van der Waals surface area contributed by atoms with Crippen LogP contribution in [0.2, 0.25) is 0 Å². The molecule has 0 spiro atoms. The maximum atomic E-state index is 13.8. The van der Waals surface area contributed by atoms with E-state index < -0.39 is 17.9 Å². The maximum absolute atomic E-state index is 13.8. The van der Waals surface area contributed by atoms with Crippen LogP contribution in [0.4, 0.5) is 17.6 Å². The summed E-state index contributed by atoms with van der Waals surface area (Å²) in [4.78, 5) is 10.1. The van der Waals surface area contributed by atoms with Crippen LogP contribution in [0.3, 0.4) is 0 Å². The van der Waals surface area contributed by atoms with Gasteiger partial charge in [-0.25, -0.2) is 4.39 Å². The third kappa shape index (κ3) is 3.95. The number of alkyl halides is 3. The van der Waals surface area contributed by atoms with Gasteiger partial charge in [0.15, 0.2) is 0 Å². The monoisotopic (exact) mass is 300 g/mol. The Morgan fingerprint density at radius 1 is 0.952 bits per heavy atom. The minimum absolute atomic E-state index is 0.0308. The van der Waals surface area contributed by atoms with Gasteiger partial charge < -0.3 is 9.47 Å². The molecule has 0 atom stereocenters. The van der Waals surface area contributed by atoms with Gasteiger partial charge in [-0.3, -0.25) is 4.79 Å². The molecule has 0 radical (unpaired) electrons. The smallest absolute Gasteiger partial charge is 0.429 e. The van der Waals surface area contributed by atoms with Crippen molar-refractivity contribution in [2.75, 3.05) is 0 Å². The Morgan fingerprint density at radius 2 is 1.57 bits per heavy atom. The highest BCUT2D eigenvalue weighted by molar-refractivity contribution is 5.66. The van der Waals surface area contributed by atoms with Crippen molar-refractivity contribution in [1.29, 1.82) is 0 Å². The lowest BCUT2D eigenvalue weighted by Gasteiger charge is -2.10. The zero-order valence-electron chi connectivity index (χ0n) is 10.4. The van der Waals surface area contributed by atoms with Crippen LogP contribution in [0.1, 0.15) is 0 Å². The molecule has 21 heavy (non-hydrogen) atoms. The van der Waals surface area contributed by atoms with Crippen LogP contribution in [-0.4, -0.2) is 12.8 Å². The summed E-state index contributed by atoms with van der Waals surface area (Å²) in [6, 6.07) is 8.47. The average molecular weight is 300 g/mol. The molecule has 0 fully saturated rings. The molecule has 0 saturated heterocycles.